The molecule has 0 aliphatic heterocycles. The number of aryl methyl sites for hydroxylation is 2. The third kappa shape index (κ3) is 5.14. The monoisotopic (exact) mass is 223 g/mol. The largest absolute Gasteiger partial charge is 0.492 e. The van der Waals surface area contributed by atoms with Gasteiger partial charge in [-0.2, -0.15) is 0 Å². The van der Waals surface area contributed by atoms with E-state index in [1.165, 1.54) is 11.1 Å². The SMILES string of the molecule is COCCNCCOc1cc(C)cc(C)c1. The quantitative estimate of drug-likeness (QED) is 0.716. The van der Waals surface area contributed by atoms with Crippen LogP contribution in [-0.4, -0.2) is 33.4 Å². The summed E-state index contributed by atoms with van der Waals surface area (Å²) in [7, 11) is 1.70. The number of nitrogens with one attached hydrogen (secondary N) is 1. The lowest BCUT2D eigenvalue weighted by molar-refractivity contribution is 0.197. The summed E-state index contributed by atoms with van der Waals surface area (Å²) in [4.78, 5) is 0. The van der Waals surface area contributed by atoms with E-state index in [1.54, 1.807) is 7.11 Å². The van der Waals surface area contributed by atoms with Crippen LogP contribution >= 0.6 is 0 Å². The Morgan fingerprint density at radius 1 is 1.00 bits per heavy atom. The first-order valence-corrected chi connectivity index (χ1v) is 5.63. The lowest BCUT2D eigenvalue weighted by atomic mass is 10.1. The molecule has 0 radical (unpaired) electrons. The van der Waals surface area contributed by atoms with Crippen molar-refractivity contribution in [2.75, 3.05) is 33.4 Å². The van der Waals surface area contributed by atoms with Gasteiger partial charge in [-0.15, -0.1) is 0 Å². The van der Waals surface area contributed by atoms with Crippen molar-refractivity contribution in [2.24, 2.45) is 0 Å². The zero-order valence-electron chi connectivity index (χ0n) is 10.4. The van der Waals surface area contributed by atoms with Crippen LogP contribution < -0.4 is 10.1 Å². The molecule has 1 aromatic rings. The number of hydrogen-bond donors (Lipinski definition) is 1. The van der Waals surface area contributed by atoms with Crippen molar-refractivity contribution in [3.63, 3.8) is 0 Å². The molecule has 1 N–H and O–H groups in total. The van der Waals surface area contributed by atoms with E-state index in [-0.39, 0.29) is 0 Å². The van der Waals surface area contributed by atoms with Gasteiger partial charge in [-0.05, 0) is 37.1 Å². The fourth-order valence-electron chi connectivity index (χ4n) is 1.56. The van der Waals surface area contributed by atoms with Crippen molar-refractivity contribution in [1.82, 2.24) is 5.32 Å². The summed E-state index contributed by atoms with van der Waals surface area (Å²) in [5, 5.41) is 3.24. The van der Waals surface area contributed by atoms with Gasteiger partial charge in [0, 0.05) is 20.2 Å². The van der Waals surface area contributed by atoms with Crippen LogP contribution in [0.1, 0.15) is 11.1 Å². The predicted octanol–water partition coefficient (Wildman–Crippen LogP) is 1.92. The van der Waals surface area contributed by atoms with Crippen LogP contribution in [-0.2, 0) is 4.74 Å². The Kier molecular flexibility index (Phi) is 5.90. The molecule has 0 saturated carbocycles. The normalized spacial score (nSPS) is 10.4. The van der Waals surface area contributed by atoms with Crippen molar-refractivity contribution >= 4 is 0 Å². The average molecular weight is 223 g/mol. The Bertz CT molecular complexity index is 293. The Hall–Kier alpha value is -1.06. The van der Waals surface area contributed by atoms with Crippen molar-refractivity contribution in [2.45, 2.75) is 13.8 Å². The first-order chi connectivity index (χ1) is 7.72. The molecule has 0 unspecified atom stereocenters. The zero-order valence-corrected chi connectivity index (χ0v) is 10.4. The lowest BCUT2D eigenvalue weighted by Crippen LogP contribution is -2.24. The first kappa shape index (κ1) is 13.0. The highest BCUT2D eigenvalue weighted by Gasteiger charge is 1.96. The second kappa shape index (κ2) is 7.25. The standard InChI is InChI=1S/C13H21NO2/c1-11-8-12(2)10-13(9-11)16-7-5-14-4-6-15-3/h8-10,14H,4-7H2,1-3H3. The van der Waals surface area contributed by atoms with E-state index in [0.29, 0.717) is 6.61 Å². The van der Waals surface area contributed by atoms with Crippen LogP contribution in [0.25, 0.3) is 0 Å². The van der Waals surface area contributed by atoms with Gasteiger partial charge in [0.25, 0.3) is 0 Å². The first-order valence-electron chi connectivity index (χ1n) is 5.63. The zero-order chi connectivity index (χ0) is 11.8. The minimum atomic E-state index is 0.687. The lowest BCUT2D eigenvalue weighted by Gasteiger charge is -2.08. The van der Waals surface area contributed by atoms with Gasteiger partial charge in [-0.25, -0.2) is 0 Å². The van der Waals surface area contributed by atoms with E-state index in [1.807, 2.05) is 0 Å². The topological polar surface area (TPSA) is 30.5 Å². The summed E-state index contributed by atoms with van der Waals surface area (Å²) in [6, 6.07) is 6.26. The van der Waals surface area contributed by atoms with Gasteiger partial charge >= 0.3 is 0 Å². The van der Waals surface area contributed by atoms with Gasteiger partial charge in [0.05, 0.1) is 6.61 Å². The summed E-state index contributed by atoms with van der Waals surface area (Å²) in [5.41, 5.74) is 2.48. The molecule has 0 fully saturated rings. The fourth-order valence-corrected chi connectivity index (χ4v) is 1.56. The van der Waals surface area contributed by atoms with Crippen LogP contribution in [0.15, 0.2) is 18.2 Å². The Balaban J connectivity index is 2.21. The highest BCUT2D eigenvalue weighted by molar-refractivity contribution is 5.32. The summed E-state index contributed by atoms with van der Waals surface area (Å²) in [6.07, 6.45) is 0. The smallest absolute Gasteiger partial charge is 0.119 e. The molecule has 90 valence electrons. The van der Waals surface area contributed by atoms with Gasteiger partial charge in [0.15, 0.2) is 0 Å². The van der Waals surface area contributed by atoms with E-state index >= 15 is 0 Å². The van der Waals surface area contributed by atoms with E-state index in [9.17, 15) is 0 Å². The summed E-state index contributed by atoms with van der Waals surface area (Å²) >= 11 is 0. The van der Waals surface area contributed by atoms with E-state index in [4.69, 9.17) is 9.47 Å². The number of benzene rings is 1. The minimum Gasteiger partial charge on any atom is -0.492 e. The van der Waals surface area contributed by atoms with E-state index < -0.39 is 0 Å². The van der Waals surface area contributed by atoms with Gasteiger partial charge in [-0.3, -0.25) is 0 Å². The highest BCUT2D eigenvalue weighted by Crippen LogP contribution is 2.15. The van der Waals surface area contributed by atoms with Gasteiger partial charge in [-0.1, -0.05) is 6.07 Å². The third-order valence-corrected chi connectivity index (χ3v) is 2.23. The van der Waals surface area contributed by atoms with Crippen LogP contribution in [0, 0.1) is 13.8 Å². The van der Waals surface area contributed by atoms with Crippen molar-refractivity contribution < 1.29 is 9.47 Å². The summed E-state index contributed by atoms with van der Waals surface area (Å²) in [5.74, 6) is 0.950. The maximum absolute atomic E-state index is 5.64. The third-order valence-electron chi connectivity index (χ3n) is 2.23. The van der Waals surface area contributed by atoms with Gasteiger partial charge < -0.3 is 14.8 Å². The van der Waals surface area contributed by atoms with E-state index in [2.05, 4.69) is 37.4 Å². The summed E-state index contributed by atoms with van der Waals surface area (Å²) < 4.78 is 10.6. The molecule has 0 aliphatic carbocycles. The number of ether oxygens (including phenoxy) is 2. The Morgan fingerprint density at radius 3 is 2.25 bits per heavy atom. The molecular formula is C13H21NO2. The Labute approximate surface area is 97.8 Å². The molecule has 0 aromatic heterocycles. The molecule has 0 heterocycles. The number of rotatable bonds is 7. The van der Waals surface area contributed by atoms with Crippen LogP contribution in [0.5, 0.6) is 5.75 Å². The molecule has 16 heavy (non-hydrogen) atoms. The van der Waals surface area contributed by atoms with Crippen LogP contribution in [0.2, 0.25) is 0 Å². The highest BCUT2D eigenvalue weighted by atomic mass is 16.5. The molecule has 0 amide bonds. The van der Waals surface area contributed by atoms with Crippen LogP contribution in [0.3, 0.4) is 0 Å². The molecule has 0 bridgehead atoms. The maximum Gasteiger partial charge on any atom is 0.119 e. The van der Waals surface area contributed by atoms with Crippen molar-refractivity contribution in [1.29, 1.82) is 0 Å². The molecule has 1 aromatic carbocycles. The minimum absolute atomic E-state index is 0.687. The molecular weight excluding hydrogens is 202 g/mol. The molecule has 3 nitrogen and oxygen atoms in total. The van der Waals surface area contributed by atoms with Gasteiger partial charge in [0.1, 0.15) is 12.4 Å². The van der Waals surface area contributed by atoms with Gasteiger partial charge in [0.2, 0.25) is 0 Å². The molecule has 1 rings (SSSR count). The second-order valence-electron chi connectivity index (χ2n) is 3.91. The molecule has 3 heteroatoms. The van der Waals surface area contributed by atoms with Crippen molar-refractivity contribution in [3.05, 3.63) is 29.3 Å². The number of methoxy groups -OCH3 is 1. The predicted molar refractivity (Wildman–Crippen MR) is 66.2 cm³/mol. The van der Waals surface area contributed by atoms with E-state index in [0.717, 1.165) is 25.4 Å². The molecule has 0 spiro atoms. The summed E-state index contributed by atoms with van der Waals surface area (Å²) in [6.45, 7) is 7.30. The van der Waals surface area contributed by atoms with Crippen LogP contribution in [0.4, 0.5) is 0 Å². The molecule has 0 atom stereocenters. The maximum atomic E-state index is 5.64. The number of hydrogen-bond acceptors (Lipinski definition) is 3. The second-order valence-corrected chi connectivity index (χ2v) is 3.91. The Morgan fingerprint density at radius 2 is 1.62 bits per heavy atom. The van der Waals surface area contributed by atoms with Crippen molar-refractivity contribution in [3.8, 4) is 5.75 Å². The molecule has 0 aliphatic rings. The molecule has 0 saturated heterocycles. The average Bonchev–Trinajstić information content (AvgIpc) is 2.22. The fraction of sp³-hybridized carbons (Fsp3) is 0.538.